The molecule has 0 unspecified atom stereocenters. The minimum Gasteiger partial charge on any atom is -0.374 e. The van der Waals surface area contributed by atoms with Crippen LogP contribution in [0.4, 0.5) is 10.1 Å². The summed E-state index contributed by atoms with van der Waals surface area (Å²) in [6.07, 6.45) is 4.05. The molecule has 0 atom stereocenters. The number of hydrogen-bond acceptors (Lipinski definition) is 1. The van der Waals surface area contributed by atoms with Crippen molar-refractivity contribution in [2.75, 3.05) is 18.5 Å². The Hall–Kier alpha value is -0.570. The van der Waals surface area contributed by atoms with Crippen molar-refractivity contribution in [1.82, 2.24) is 0 Å². The van der Waals surface area contributed by atoms with Gasteiger partial charge in [0.25, 0.3) is 0 Å². The van der Waals surface area contributed by atoms with Crippen molar-refractivity contribution in [1.29, 1.82) is 0 Å². The van der Waals surface area contributed by atoms with Crippen LogP contribution in [0.15, 0.2) is 18.2 Å². The molecule has 1 aliphatic rings. The van der Waals surface area contributed by atoms with Gasteiger partial charge in [-0.25, -0.2) is 4.39 Å². The second-order valence-corrected chi connectivity index (χ2v) is 5.14. The molecule has 0 heterocycles. The fourth-order valence-corrected chi connectivity index (χ4v) is 2.64. The third kappa shape index (κ3) is 2.57. The summed E-state index contributed by atoms with van der Waals surface area (Å²) in [5.41, 5.74) is 2.17. The Morgan fingerprint density at radius 3 is 2.75 bits per heavy atom. The van der Waals surface area contributed by atoms with E-state index < -0.39 is 0 Å². The summed E-state index contributed by atoms with van der Waals surface area (Å²) < 4.78 is 13.1. The van der Waals surface area contributed by atoms with E-state index in [0.29, 0.717) is 5.33 Å². The number of halogens is 2. The van der Waals surface area contributed by atoms with Gasteiger partial charge in [0.05, 0.1) is 0 Å². The Morgan fingerprint density at radius 2 is 2.19 bits per heavy atom. The van der Waals surface area contributed by atoms with E-state index in [1.165, 1.54) is 19.3 Å². The van der Waals surface area contributed by atoms with Crippen LogP contribution in [-0.4, -0.2) is 13.6 Å². The smallest absolute Gasteiger partial charge is 0.123 e. The second-order valence-electron chi connectivity index (χ2n) is 4.58. The van der Waals surface area contributed by atoms with E-state index in [-0.39, 0.29) is 5.82 Å². The Morgan fingerprint density at radius 1 is 1.44 bits per heavy atom. The van der Waals surface area contributed by atoms with E-state index in [9.17, 15) is 4.39 Å². The first-order chi connectivity index (χ1) is 7.70. The normalized spacial score (nSPS) is 15.9. The number of anilines is 1. The molecule has 0 saturated heterocycles. The van der Waals surface area contributed by atoms with Gasteiger partial charge >= 0.3 is 0 Å². The highest BCUT2D eigenvalue weighted by Gasteiger charge is 2.20. The predicted octanol–water partition coefficient (Wildman–Crippen LogP) is 3.96. The summed E-state index contributed by atoms with van der Waals surface area (Å²) in [6.45, 7) is 1.09. The first-order valence-electron chi connectivity index (χ1n) is 5.76. The third-order valence-corrected chi connectivity index (χ3v) is 3.96. The van der Waals surface area contributed by atoms with E-state index in [1.807, 2.05) is 6.07 Å². The lowest BCUT2D eigenvalue weighted by Crippen LogP contribution is -2.29. The minimum absolute atomic E-state index is 0.157. The van der Waals surface area contributed by atoms with Gasteiger partial charge in [0.2, 0.25) is 0 Å². The lowest BCUT2D eigenvalue weighted by molar-refractivity contribution is 0.321. The molecule has 0 amide bonds. The number of benzene rings is 1. The zero-order chi connectivity index (χ0) is 11.5. The van der Waals surface area contributed by atoms with Gasteiger partial charge in [0, 0.05) is 24.6 Å². The third-order valence-electron chi connectivity index (χ3n) is 3.35. The highest BCUT2D eigenvalue weighted by Crippen LogP contribution is 2.30. The lowest BCUT2D eigenvalue weighted by Gasteiger charge is -2.32. The highest BCUT2D eigenvalue weighted by molar-refractivity contribution is 9.08. The van der Waals surface area contributed by atoms with Crippen molar-refractivity contribution in [2.45, 2.75) is 24.6 Å². The van der Waals surface area contributed by atoms with Crippen molar-refractivity contribution in [3.63, 3.8) is 0 Å². The first-order valence-corrected chi connectivity index (χ1v) is 6.88. The van der Waals surface area contributed by atoms with E-state index >= 15 is 0 Å². The summed E-state index contributed by atoms with van der Waals surface area (Å²) in [6, 6.07) is 5.03. The van der Waals surface area contributed by atoms with Crippen molar-refractivity contribution in [3.05, 3.63) is 29.6 Å². The molecule has 1 aromatic carbocycles. The summed E-state index contributed by atoms with van der Waals surface area (Å²) in [5.74, 6) is 0.675. The molecular formula is C13H17BrFN. The SMILES string of the molecule is CN(CC1CCC1)c1ccc(F)cc1CBr. The summed E-state index contributed by atoms with van der Waals surface area (Å²) in [5, 5.41) is 0.703. The number of rotatable bonds is 4. The van der Waals surface area contributed by atoms with Gasteiger partial charge in [-0.05, 0) is 42.5 Å². The minimum atomic E-state index is -0.157. The fourth-order valence-electron chi connectivity index (χ4n) is 2.19. The van der Waals surface area contributed by atoms with Gasteiger partial charge in [0.15, 0.2) is 0 Å². The van der Waals surface area contributed by atoms with Gasteiger partial charge in [-0.2, -0.15) is 0 Å². The van der Waals surface area contributed by atoms with Crippen LogP contribution in [0.1, 0.15) is 24.8 Å². The van der Waals surface area contributed by atoms with Crippen LogP contribution in [0.2, 0.25) is 0 Å². The zero-order valence-corrected chi connectivity index (χ0v) is 11.1. The molecule has 0 N–H and O–H groups in total. The van der Waals surface area contributed by atoms with Crippen LogP contribution in [0, 0.1) is 11.7 Å². The van der Waals surface area contributed by atoms with E-state index in [2.05, 4.69) is 27.9 Å². The van der Waals surface area contributed by atoms with Crippen molar-refractivity contribution >= 4 is 21.6 Å². The van der Waals surface area contributed by atoms with Crippen LogP contribution in [-0.2, 0) is 5.33 Å². The van der Waals surface area contributed by atoms with Crippen molar-refractivity contribution in [2.24, 2.45) is 5.92 Å². The Balaban J connectivity index is 2.11. The average molecular weight is 286 g/mol. The van der Waals surface area contributed by atoms with Crippen LogP contribution in [0.5, 0.6) is 0 Å². The second kappa shape index (κ2) is 5.17. The molecule has 1 saturated carbocycles. The van der Waals surface area contributed by atoms with Gasteiger partial charge in [0.1, 0.15) is 5.82 Å². The number of nitrogens with zero attached hydrogens (tertiary/aromatic N) is 1. The quantitative estimate of drug-likeness (QED) is 0.757. The standard InChI is InChI=1S/C13H17BrFN/c1-16(9-10-3-2-4-10)13-6-5-12(15)7-11(13)8-14/h5-7,10H,2-4,8-9H2,1H3. The Bertz CT molecular complexity index is 363. The van der Waals surface area contributed by atoms with E-state index in [1.54, 1.807) is 12.1 Å². The van der Waals surface area contributed by atoms with E-state index in [0.717, 1.165) is 23.7 Å². The molecule has 0 aliphatic heterocycles. The molecule has 3 heteroatoms. The molecule has 0 spiro atoms. The maximum Gasteiger partial charge on any atom is 0.123 e. The maximum absolute atomic E-state index is 13.1. The molecule has 0 aromatic heterocycles. The molecule has 0 bridgehead atoms. The van der Waals surface area contributed by atoms with Gasteiger partial charge in [-0.3, -0.25) is 0 Å². The topological polar surface area (TPSA) is 3.24 Å². The predicted molar refractivity (Wildman–Crippen MR) is 69.6 cm³/mol. The molecule has 1 aliphatic carbocycles. The van der Waals surface area contributed by atoms with Crippen LogP contribution in [0.3, 0.4) is 0 Å². The highest BCUT2D eigenvalue weighted by atomic mass is 79.9. The first kappa shape index (κ1) is 11.9. The van der Waals surface area contributed by atoms with Crippen LogP contribution >= 0.6 is 15.9 Å². The van der Waals surface area contributed by atoms with Crippen LogP contribution < -0.4 is 4.90 Å². The molecule has 2 rings (SSSR count). The largest absolute Gasteiger partial charge is 0.374 e. The zero-order valence-electron chi connectivity index (χ0n) is 9.55. The number of hydrogen-bond donors (Lipinski definition) is 0. The molecule has 1 aromatic rings. The lowest BCUT2D eigenvalue weighted by atomic mass is 9.85. The molecule has 1 nitrogen and oxygen atoms in total. The monoisotopic (exact) mass is 285 g/mol. The van der Waals surface area contributed by atoms with Crippen molar-refractivity contribution in [3.8, 4) is 0 Å². The van der Waals surface area contributed by atoms with Crippen LogP contribution in [0.25, 0.3) is 0 Å². The fraction of sp³-hybridized carbons (Fsp3) is 0.538. The van der Waals surface area contributed by atoms with Gasteiger partial charge in [-0.1, -0.05) is 22.4 Å². The molecule has 1 fully saturated rings. The summed E-state index contributed by atoms with van der Waals surface area (Å²) in [4.78, 5) is 2.25. The maximum atomic E-state index is 13.1. The molecular weight excluding hydrogens is 269 g/mol. The molecule has 16 heavy (non-hydrogen) atoms. The summed E-state index contributed by atoms with van der Waals surface area (Å²) >= 11 is 3.41. The van der Waals surface area contributed by atoms with Crippen molar-refractivity contribution < 1.29 is 4.39 Å². The number of alkyl halides is 1. The average Bonchev–Trinajstić information content (AvgIpc) is 2.23. The Kier molecular flexibility index (Phi) is 3.85. The Labute approximate surface area is 105 Å². The molecule has 88 valence electrons. The van der Waals surface area contributed by atoms with E-state index in [4.69, 9.17) is 0 Å². The van der Waals surface area contributed by atoms with Gasteiger partial charge < -0.3 is 4.90 Å². The van der Waals surface area contributed by atoms with Gasteiger partial charge in [-0.15, -0.1) is 0 Å². The summed E-state index contributed by atoms with van der Waals surface area (Å²) in [7, 11) is 2.09. The molecule has 0 radical (unpaired) electrons.